The maximum Gasteiger partial charge on any atom is 0.410 e. The van der Waals surface area contributed by atoms with Crippen LogP contribution in [0, 0.1) is 11.6 Å². The maximum atomic E-state index is 14.0. The minimum absolute atomic E-state index is 0.0242. The fraction of sp³-hybridized carbons (Fsp3) is 0.488. The Hall–Kier alpha value is -5.38. The van der Waals surface area contributed by atoms with Crippen LogP contribution in [-0.4, -0.2) is 124 Å². The smallest absolute Gasteiger partial charge is 0.410 e. The van der Waals surface area contributed by atoms with Crippen LogP contribution in [0.4, 0.5) is 44.2 Å². The van der Waals surface area contributed by atoms with Gasteiger partial charge in [-0.05, 0) is 90.1 Å². The van der Waals surface area contributed by atoms with Crippen LogP contribution in [0.1, 0.15) is 74.2 Å². The van der Waals surface area contributed by atoms with E-state index in [0.717, 1.165) is 31.9 Å². The summed E-state index contributed by atoms with van der Waals surface area (Å²) in [5.41, 5.74) is 1.63. The Morgan fingerprint density at radius 1 is 0.593 bits per heavy atom. The van der Waals surface area contributed by atoms with Gasteiger partial charge in [-0.2, -0.15) is 0 Å². The summed E-state index contributed by atoms with van der Waals surface area (Å²) >= 11 is 0. The Kier molecular flexibility index (Phi) is 16.5. The summed E-state index contributed by atoms with van der Waals surface area (Å²) in [5.74, 6) is -0.739. The third-order valence-electron chi connectivity index (χ3n) is 9.39. The second kappa shape index (κ2) is 21.0. The molecule has 322 valence electrons. The summed E-state index contributed by atoms with van der Waals surface area (Å²) in [7, 11) is 0. The van der Waals surface area contributed by atoms with E-state index >= 15 is 0 Å². The predicted molar refractivity (Wildman–Crippen MR) is 220 cm³/mol. The third kappa shape index (κ3) is 14.4. The van der Waals surface area contributed by atoms with E-state index in [9.17, 15) is 36.7 Å². The number of piperazine rings is 3. The van der Waals surface area contributed by atoms with Gasteiger partial charge in [0.05, 0.1) is 11.4 Å². The van der Waals surface area contributed by atoms with Crippen LogP contribution in [-0.2, 0) is 9.47 Å². The molecule has 3 aromatic carbocycles. The number of hydrogen-bond acceptors (Lipinski definition) is 10. The first-order valence-corrected chi connectivity index (χ1v) is 19.7. The highest BCUT2D eigenvalue weighted by atomic mass is 19.3. The normalized spacial score (nSPS) is 16.0. The van der Waals surface area contributed by atoms with Crippen LogP contribution in [0.3, 0.4) is 0 Å². The van der Waals surface area contributed by atoms with Crippen molar-refractivity contribution in [1.82, 2.24) is 15.1 Å². The first-order chi connectivity index (χ1) is 27.9. The molecule has 3 aliphatic heterocycles. The number of ether oxygens (including phenoxy) is 2. The largest absolute Gasteiger partial charge is 0.444 e. The van der Waals surface area contributed by atoms with Crippen molar-refractivity contribution < 1.29 is 46.2 Å². The first kappa shape index (κ1) is 46.3. The molecule has 3 heterocycles. The van der Waals surface area contributed by atoms with Gasteiger partial charge in [0.15, 0.2) is 0 Å². The zero-order valence-corrected chi connectivity index (χ0v) is 34.7. The van der Waals surface area contributed by atoms with E-state index in [4.69, 9.17) is 9.47 Å². The zero-order valence-electron chi connectivity index (χ0n) is 34.7. The quantitative estimate of drug-likeness (QED) is 0.199. The van der Waals surface area contributed by atoms with Crippen molar-refractivity contribution in [2.45, 2.75) is 59.2 Å². The number of amides is 2. The van der Waals surface area contributed by atoms with Gasteiger partial charge in [-0.25, -0.2) is 27.2 Å². The maximum absolute atomic E-state index is 14.0. The van der Waals surface area contributed by atoms with Gasteiger partial charge in [-0.15, -0.1) is 0 Å². The number of alkyl halides is 2. The topological polar surface area (TPSA) is 115 Å². The van der Waals surface area contributed by atoms with Crippen LogP contribution in [0.2, 0.25) is 0 Å². The highest BCUT2D eigenvalue weighted by molar-refractivity contribution is 5.76. The van der Waals surface area contributed by atoms with Crippen LogP contribution < -0.4 is 20.0 Å². The van der Waals surface area contributed by atoms with Gasteiger partial charge < -0.3 is 39.3 Å². The minimum atomic E-state index is -2.45. The van der Waals surface area contributed by atoms with Crippen LogP contribution in [0.15, 0.2) is 60.7 Å². The monoisotopic (exact) mass is 828 g/mol. The van der Waals surface area contributed by atoms with E-state index in [-0.39, 0.29) is 23.6 Å². The number of anilines is 3. The van der Waals surface area contributed by atoms with Gasteiger partial charge in [0.25, 0.3) is 6.43 Å². The molecule has 3 aliphatic rings. The van der Waals surface area contributed by atoms with Crippen molar-refractivity contribution in [3.05, 3.63) is 89.0 Å². The van der Waals surface area contributed by atoms with Crippen molar-refractivity contribution in [3.8, 4) is 0 Å². The van der Waals surface area contributed by atoms with Crippen molar-refractivity contribution in [2.24, 2.45) is 0 Å². The summed E-state index contributed by atoms with van der Waals surface area (Å²) in [6.07, 6.45) is -1.82. The van der Waals surface area contributed by atoms with Crippen LogP contribution >= 0.6 is 0 Å². The Morgan fingerprint density at radius 2 is 0.983 bits per heavy atom. The number of aldehydes is 2. The van der Waals surface area contributed by atoms with E-state index in [2.05, 4.69) is 10.2 Å². The van der Waals surface area contributed by atoms with Gasteiger partial charge >= 0.3 is 12.2 Å². The summed E-state index contributed by atoms with van der Waals surface area (Å²) in [6.45, 7) is 18.8. The van der Waals surface area contributed by atoms with E-state index < -0.39 is 23.4 Å². The lowest BCUT2D eigenvalue weighted by atomic mass is 10.2. The predicted octanol–water partition coefficient (Wildman–Crippen LogP) is 7.42. The molecule has 0 saturated carbocycles. The van der Waals surface area contributed by atoms with Crippen LogP contribution in [0.5, 0.6) is 0 Å². The second-order valence-electron chi connectivity index (χ2n) is 16.2. The molecule has 59 heavy (non-hydrogen) atoms. The Bertz CT molecular complexity index is 1850. The average Bonchev–Trinajstić information content (AvgIpc) is 3.20. The van der Waals surface area contributed by atoms with E-state index in [0.29, 0.717) is 87.4 Å². The molecule has 12 nitrogen and oxygen atoms in total. The molecule has 0 atom stereocenters. The van der Waals surface area contributed by atoms with Crippen molar-refractivity contribution >= 4 is 41.8 Å². The Morgan fingerprint density at radius 3 is 1.34 bits per heavy atom. The van der Waals surface area contributed by atoms with Crippen LogP contribution in [0.25, 0.3) is 0 Å². The number of carbonyl (C=O) groups is 4. The zero-order chi connectivity index (χ0) is 43.3. The first-order valence-electron chi connectivity index (χ1n) is 19.7. The number of hydrogen-bond donors (Lipinski definition) is 1. The number of carbonyl (C=O) groups excluding carboxylic acids is 4. The molecule has 3 aromatic rings. The fourth-order valence-corrected chi connectivity index (χ4v) is 6.37. The number of benzene rings is 3. The highest BCUT2D eigenvalue weighted by Crippen LogP contribution is 2.25. The molecule has 0 unspecified atom stereocenters. The van der Waals surface area contributed by atoms with E-state index in [1.807, 2.05) is 51.3 Å². The molecule has 3 fully saturated rings. The van der Waals surface area contributed by atoms with Gasteiger partial charge in [-0.3, -0.25) is 9.59 Å². The molecule has 1 N–H and O–H groups in total. The molecular weight excluding hydrogens is 773 g/mol. The number of rotatable bonds is 6. The molecule has 2 amide bonds. The highest BCUT2D eigenvalue weighted by Gasteiger charge is 2.28. The van der Waals surface area contributed by atoms with Crippen molar-refractivity contribution in [2.75, 3.05) is 93.2 Å². The number of halogens is 4. The lowest BCUT2D eigenvalue weighted by Gasteiger charge is -2.36. The molecule has 0 aliphatic carbocycles. The third-order valence-corrected chi connectivity index (χ3v) is 9.39. The Labute approximate surface area is 344 Å². The SMILES string of the molecule is CC(C)(C)OC(=O)N1CCN(c2ccc(C(F)F)cc2)CC1.CC(C)(C)OC(=O)N1CCN(c2ccc(C=O)cc2F)CC1.O=Cc1ccc(N2CCNCC2)c(F)c1. The molecule has 3 saturated heterocycles. The lowest BCUT2D eigenvalue weighted by Crippen LogP contribution is -2.50. The molecular formula is C43H56F4N6O6. The summed E-state index contributed by atoms with van der Waals surface area (Å²) in [4.78, 5) is 54.3. The van der Waals surface area contributed by atoms with Gasteiger partial charge in [0.2, 0.25) is 0 Å². The van der Waals surface area contributed by atoms with E-state index in [1.165, 1.54) is 24.3 Å². The van der Waals surface area contributed by atoms with Gasteiger partial charge in [-0.1, -0.05) is 12.1 Å². The lowest BCUT2D eigenvalue weighted by molar-refractivity contribution is 0.0230. The van der Waals surface area contributed by atoms with Crippen molar-refractivity contribution in [3.63, 3.8) is 0 Å². The summed E-state index contributed by atoms with van der Waals surface area (Å²) < 4.78 is 63.4. The Balaban J connectivity index is 0.000000199. The molecule has 0 aromatic heterocycles. The summed E-state index contributed by atoms with van der Waals surface area (Å²) in [5, 5.41) is 3.21. The second-order valence-corrected chi connectivity index (χ2v) is 16.2. The average molecular weight is 829 g/mol. The standard InChI is InChI=1S/C16H22F2N2O2.C16H21FN2O3.C11H13FN2O/c1-16(2,3)22-15(21)20-10-8-19(9-11-20)13-6-4-12(5-7-13)14(17)18;1-16(2,3)22-15(21)19-8-6-18(7-9-19)14-5-4-12(11-20)10-13(14)17;12-10-7-9(8-15)1-2-11(10)14-5-3-13-4-6-14/h4-7,14H,8-11H2,1-3H3;4-5,10-11H,6-9H2,1-3H3;1-2,7-8,13H,3-6H2. The number of nitrogens with zero attached hydrogens (tertiary/aromatic N) is 5. The molecule has 16 heteroatoms. The van der Waals surface area contributed by atoms with Gasteiger partial charge in [0.1, 0.15) is 35.4 Å². The summed E-state index contributed by atoms with van der Waals surface area (Å²) in [6, 6.07) is 15.3. The van der Waals surface area contributed by atoms with Crippen molar-refractivity contribution in [1.29, 1.82) is 0 Å². The molecule has 0 spiro atoms. The number of nitrogens with one attached hydrogen (secondary N) is 1. The van der Waals surface area contributed by atoms with Gasteiger partial charge in [0, 0.05) is 101 Å². The fourth-order valence-electron chi connectivity index (χ4n) is 6.37. The minimum Gasteiger partial charge on any atom is -0.444 e. The molecule has 6 rings (SSSR count). The molecule has 0 radical (unpaired) electrons. The molecule has 0 bridgehead atoms. The van der Waals surface area contributed by atoms with E-state index in [1.54, 1.807) is 46.2 Å².